The van der Waals surface area contributed by atoms with Crippen LogP contribution < -0.4 is 5.32 Å². The molecule has 2 aromatic rings. The van der Waals surface area contributed by atoms with E-state index in [1.165, 1.54) is 10.4 Å². The zero-order valence-corrected chi connectivity index (χ0v) is 13.2. The molecule has 2 N–H and O–H groups in total. The van der Waals surface area contributed by atoms with E-state index in [9.17, 15) is 9.90 Å². The first-order valence-corrected chi connectivity index (χ1v) is 7.65. The summed E-state index contributed by atoms with van der Waals surface area (Å²) in [5, 5.41) is 14.7. The molecule has 0 radical (unpaired) electrons. The Hall–Kier alpha value is -1.36. The second-order valence-corrected chi connectivity index (χ2v) is 6.31. The molecule has 3 rings (SSSR count). The maximum absolute atomic E-state index is 11.5. The Balaban J connectivity index is 0.00000161. The molecular formula is C16H18ClNO2S. The molecule has 5 heteroatoms. The van der Waals surface area contributed by atoms with Crippen molar-refractivity contribution in [3.05, 3.63) is 47.3 Å². The van der Waals surface area contributed by atoms with Gasteiger partial charge in [-0.3, -0.25) is 4.79 Å². The topological polar surface area (TPSA) is 49.3 Å². The van der Waals surface area contributed by atoms with E-state index in [1.807, 2.05) is 6.07 Å². The first-order chi connectivity index (χ1) is 9.70. The van der Waals surface area contributed by atoms with Crippen LogP contribution in [0.3, 0.4) is 0 Å². The second-order valence-electron chi connectivity index (χ2n) is 5.36. The molecule has 0 spiro atoms. The van der Waals surface area contributed by atoms with Crippen LogP contribution in [-0.4, -0.2) is 24.2 Å². The highest BCUT2D eigenvalue weighted by Gasteiger charge is 2.41. The number of carbonyl (C=O) groups is 1. The minimum Gasteiger partial charge on any atom is -0.481 e. The van der Waals surface area contributed by atoms with E-state index in [2.05, 4.69) is 41.0 Å². The number of carboxylic acid groups (broad SMARTS) is 1. The Labute approximate surface area is 134 Å². The third kappa shape index (κ3) is 3.28. The maximum atomic E-state index is 11.5. The summed E-state index contributed by atoms with van der Waals surface area (Å²) in [5.74, 6) is -0.690. The largest absolute Gasteiger partial charge is 0.481 e. The van der Waals surface area contributed by atoms with E-state index in [0.717, 1.165) is 12.1 Å². The van der Waals surface area contributed by atoms with E-state index >= 15 is 0 Å². The smallest absolute Gasteiger partial charge is 0.311 e. The summed E-state index contributed by atoms with van der Waals surface area (Å²) in [5.41, 5.74) is 1.65. The first kappa shape index (κ1) is 16.0. The van der Waals surface area contributed by atoms with E-state index in [4.69, 9.17) is 0 Å². The number of aliphatic carboxylic acids is 1. The molecule has 0 aliphatic carbocycles. The fourth-order valence-electron chi connectivity index (χ4n) is 2.77. The van der Waals surface area contributed by atoms with Crippen molar-refractivity contribution in [2.24, 2.45) is 5.41 Å². The SMILES string of the molecule is Cl.O=C(O)C1(Cc2ccc(-c3cccs3)cc2)CCNC1. The molecule has 1 fully saturated rings. The Morgan fingerprint density at radius 2 is 2.05 bits per heavy atom. The van der Waals surface area contributed by atoms with Crippen molar-refractivity contribution in [1.82, 2.24) is 5.32 Å². The van der Waals surface area contributed by atoms with E-state index in [0.29, 0.717) is 19.4 Å². The monoisotopic (exact) mass is 323 g/mol. The van der Waals surface area contributed by atoms with Gasteiger partial charge in [0.15, 0.2) is 0 Å². The van der Waals surface area contributed by atoms with Gasteiger partial charge in [-0.25, -0.2) is 0 Å². The summed E-state index contributed by atoms with van der Waals surface area (Å²) in [6, 6.07) is 12.4. The third-order valence-electron chi connectivity index (χ3n) is 4.00. The standard InChI is InChI=1S/C16H17NO2S.ClH/c18-15(19)16(7-8-17-11-16)10-12-3-5-13(6-4-12)14-2-1-9-20-14;/h1-6,9,17H,7-8,10-11H2,(H,18,19);1H. The van der Waals surface area contributed by atoms with Gasteiger partial charge in [-0.1, -0.05) is 30.3 Å². The Kier molecular flexibility index (Phi) is 5.04. The van der Waals surface area contributed by atoms with Crippen molar-refractivity contribution >= 4 is 29.7 Å². The summed E-state index contributed by atoms with van der Waals surface area (Å²) in [6.07, 6.45) is 1.30. The summed E-state index contributed by atoms with van der Waals surface area (Å²) in [6.45, 7) is 1.36. The second kappa shape index (κ2) is 6.60. The third-order valence-corrected chi connectivity index (χ3v) is 4.92. The van der Waals surface area contributed by atoms with Crippen LogP contribution in [-0.2, 0) is 11.2 Å². The van der Waals surface area contributed by atoms with Gasteiger partial charge in [0.1, 0.15) is 0 Å². The van der Waals surface area contributed by atoms with E-state index < -0.39 is 11.4 Å². The summed E-state index contributed by atoms with van der Waals surface area (Å²) < 4.78 is 0. The van der Waals surface area contributed by atoms with Crippen molar-refractivity contribution in [3.63, 3.8) is 0 Å². The molecule has 1 atom stereocenters. The fraction of sp³-hybridized carbons (Fsp3) is 0.312. The van der Waals surface area contributed by atoms with Crippen molar-refractivity contribution in [2.45, 2.75) is 12.8 Å². The van der Waals surface area contributed by atoms with Crippen molar-refractivity contribution < 1.29 is 9.90 Å². The van der Waals surface area contributed by atoms with Gasteiger partial charge in [0.05, 0.1) is 5.41 Å². The molecule has 21 heavy (non-hydrogen) atoms. The molecule has 0 amide bonds. The predicted molar refractivity (Wildman–Crippen MR) is 88.3 cm³/mol. The van der Waals surface area contributed by atoms with Crippen LogP contribution in [0.5, 0.6) is 0 Å². The summed E-state index contributed by atoms with van der Waals surface area (Å²) in [4.78, 5) is 12.8. The van der Waals surface area contributed by atoms with Crippen LogP contribution in [0.2, 0.25) is 0 Å². The van der Waals surface area contributed by atoms with Gasteiger partial charge in [0.25, 0.3) is 0 Å². The van der Waals surface area contributed by atoms with Gasteiger partial charge in [-0.15, -0.1) is 23.7 Å². The van der Waals surface area contributed by atoms with E-state index in [-0.39, 0.29) is 12.4 Å². The van der Waals surface area contributed by atoms with E-state index in [1.54, 1.807) is 11.3 Å². The number of rotatable bonds is 4. The van der Waals surface area contributed by atoms with Crippen LogP contribution in [0.15, 0.2) is 41.8 Å². The predicted octanol–water partition coefficient (Wildman–Crippen LogP) is 3.44. The molecule has 1 aliphatic heterocycles. The molecule has 1 aromatic carbocycles. The van der Waals surface area contributed by atoms with Gasteiger partial charge < -0.3 is 10.4 Å². The fourth-order valence-corrected chi connectivity index (χ4v) is 3.51. The number of nitrogens with one attached hydrogen (secondary N) is 1. The lowest BCUT2D eigenvalue weighted by Crippen LogP contribution is -2.35. The molecule has 1 saturated heterocycles. The molecule has 1 aromatic heterocycles. The number of hydrogen-bond acceptors (Lipinski definition) is 3. The lowest BCUT2D eigenvalue weighted by atomic mass is 9.81. The quantitative estimate of drug-likeness (QED) is 0.906. The van der Waals surface area contributed by atoms with Crippen LogP contribution in [0.25, 0.3) is 10.4 Å². The highest BCUT2D eigenvalue weighted by molar-refractivity contribution is 7.13. The lowest BCUT2D eigenvalue weighted by molar-refractivity contribution is -0.147. The van der Waals surface area contributed by atoms with Crippen LogP contribution in [0.4, 0.5) is 0 Å². The van der Waals surface area contributed by atoms with Crippen LogP contribution >= 0.6 is 23.7 Å². The maximum Gasteiger partial charge on any atom is 0.311 e. The molecule has 1 unspecified atom stereocenters. The average molecular weight is 324 g/mol. The molecule has 2 heterocycles. The Morgan fingerprint density at radius 1 is 1.29 bits per heavy atom. The molecule has 3 nitrogen and oxygen atoms in total. The zero-order chi connectivity index (χ0) is 14.0. The normalized spacial score (nSPS) is 21.0. The first-order valence-electron chi connectivity index (χ1n) is 6.77. The zero-order valence-electron chi connectivity index (χ0n) is 11.5. The molecule has 112 valence electrons. The lowest BCUT2D eigenvalue weighted by Gasteiger charge is -2.23. The van der Waals surface area contributed by atoms with Gasteiger partial charge in [-0.05, 0) is 42.0 Å². The molecule has 0 saturated carbocycles. The minimum absolute atomic E-state index is 0. The highest BCUT2D eigenvalue weighted by atomic mass is 35.5. The van der Waals surface area contributed by atoms with Gasteiger partial charge in [-0.2, -0.15) is 0 Å². The number of halogens is 1. The van der Waals surface area contributed by atoms with Crippen molar-refractivity contribution in [1.29, 1.82) is 0 Å². The number of benzene rings is 1. The average Bonchev–Trinajstić information content (AvgIpc) is 3.11. The van der Waals surface area contributed by atoms with Crippen LogP contribution in [0, 0.1) is 5.41 Å². The summed E-state index contributed by atoms with van der Waals surface area (Å²) >= 11 is 1.71. The van der Waals surface area contributed by atoms with Gasteiger partial charge in [0, 0.05) is 11.4 Å². The molecule has 1 aliphatic rings. The number of thiophene rings is 1. The molecular weight excluding hydrogens is 306 g/mol. The Morgan fingerprint density at radius 3 is 2.57 bits per heavy atom. The minimum atomic E-state index is -0.690. The highest BCUT2D eigenvalue weighted by Crippen LogP contribution is 2.31. The van der Waals surface area contributed by atoms with Gasteiger partial charge in [0.2, 0.25) is 0 Å². The summed E-state index contributed by atoms with van der Waals surface area (Å²) in [7, 11) is 0. The van der Waals surface area contributed by atoms with Crippen molar-refractivity contribution in [2.75, 3.05) is 13.1 Å². The Bertz CT molecular complexity index is 589. The van der Waals surface area contributed by atoms with Crippen LogP contribution in [0.1, 0.15) is 12.0 Å². The van der Waals surface area contributed by atoms with Gasteiger partial charge >= 0.3 is 5.97 Å². The molecule has 0 bridgehead atoms. The number of carboxylic acids is 1. The van der Waals surface area contributed by atoms with Crippen molar-refractivity contribution in [3.8, 4) is 10.4 Å². The number of hydrogen-bond donors (Lipinski definition) is 2.